The van der Waals surface area contributed by atoms with Crippen molar-refractivity contribution in [1.29, 1.82) is 0 Å². The number of carbonyl (C=O) groups is 2. The Kier molecular flexibility index (Phi) is 6.79. The van der Waals surface area contributed by atoms with Gasteiger partial charge in [0, 0.05) is 24.3 Å². The zero-order valence-corrected chi connectivity index (χ0v) is 18.8. The highest BCUT2D eigenvalue weighted by Gasteiger charge is 2.29. The van der Waals surface area contributed by atoms with Gasteiger partial charge in [0.1, 0.15) is 5.76 Å². The smallest absolute Gasteiger partial charge is 0.261 e. The van der Waals surface area contributed by atoms with Crippen LogP contribution in [0, 0.1) is 5.92 Å². The summed E-state index contributed by atoms with van der Waals surface area (Å²) in [4.78, 5) is 27.3. The molecule has 0 radical (unpaired) electrons. The summed E-state index contributed by atoms with van der Waals surface area (Å²) >= 11 is 0. The normalized spacial score (nSPS) is 16.2. The molecule has 0 spiro atoms. The fraction of sp³-hybridized carbons (Fsp3) is 0.250. The van der Waals surface area contributed by atoms with Crippen molar-refractivity contribution in [3.05, 3.63) is 84.3 Å². The molecule has 9 heteroatoms. The maximum Gasteiger partial charge on any atom is 0.261 e. The quantitative estimate of drug-likeness (QED) is 0.555. The highest BCUT2D eigenvalue weighted by molar-refractivity contribution is 7.92. The number of rotatable bonds is 7. The number of hydrogen-bond donors (Lipinski definition) is 2. The summed E-state index contributed by atoms with van der Waals surface area (Å²) < 4.78 is 32.7. The lowest BCUT2D eigenvalue weighted by Crippen LogP contribution is -2.45. The molecule has 0 bridgehead atoms. The van der Waals surface area contributed by atoms with Crippen LogP contribution in [0.3, 0.4) is 0 Å². The number of hydrogen-bond acceptors (Lipinski definition) is 5. The van der Waals surface area contributed by atoms with Crippen molar-refractivity contribution in [2.75, 3.05) is 17.8 Å². The summed E-state index contributed by atoms with van der Waals surface area (Å²) in [5, 5.41) is 2.86. The summed E-state index contributed by atoms with van der Waals surface area (Å²) in [5.74, 6) is 0.107. The molecule has 0 saturated carbocycles. The predicted molar refractivity (Wildman–Crippen MR) is 123 cm³/mol. The number of sulfonamides is 1. The van der Waals surface area contributed by atoms with E-state index < -0.39 is 10.0 Å². The molecule has 172 valence electrons. The van der Waals surface area contributed by atoms with Crippen LogP contribution in [0.4, 0.5) is 5.69 Å². The molecular weight excluding hydrogens is 442 g/mol. The maximum atomic E-state index is 13.0. The highest BCUT2D eigenvalue weighted by atomic mass is 32.2. The first kappa shape index (κ1) is 22.6. The van der Waals surface area contributed by atoms with Crippen molar-refractivity contribution in [1.82, 2.24) is 10.2 Å². The third-order valence-corrected chi connectivity index (χ3v) is 6.93. The van der Waals surface area contributed by atoms with E-state index in [0.717, 1.165) is 6.42 Å². The van der Waals surface area contributed by atoms with Gasteiger partial charge in [-0.15, -0.1) is 0 Å². The first-order chi connectivity index (χ1) is 15.9. The van der Waals surface area contributed by atoms with Gasteiger partial charge in [0.15, 0.2) is 0 Å². The van der Waals surface area contributed by atoms with Crippen LogP contribution in [0.5, 0.6) is 0 Å². The van der Waals surface area contributed by atoms with Gasteiger partial charge < -0.3 is 14.6 Å². The van der Waals surface area contributed by atoms with Crippen LogP contribution in [0.2, 0.25) is 0 Å². The number of nitrogens with one attached hydrogen (secondary N) is 2. The maximum absolute atomic E-state index is 13.0. The van der Waals surface area contributed by atoms with E-state index in [9.17, 15) is 18.0 Å². The van der Waals surface area contributed by atoms with E-state index in [1.165, 1.54) is 12.1 Å². The van der Waals surface area contributed by atoms with Crippen molar-refractivity contribution in [3.63, 3.8) is 0 Å². The molecule has 4 rings (SSSR count). The Morgan fingerprint density at radius 1 is 1.00 bits per heavy atom. The molecule has 2 heterocycles. The van der Waals surface area contributed by atoms with Crippen molar-refractivity contribution in [2.45, 2.75) is 24.3 Å². The molecule has 1 aromatic heterocycles. The van der Waals surface area contributed by atoms with Gasteiger partial charge in [-0.1, -0.05) is 18.2 Å². The zero-order valence-electron chi connectivity index (χ0n) is 17.9. The van der Waals surface area contributed by atoms with E-state index in [1.54, 1.807) is 65.8 Å². The van der Waals surface area contributed by atoms with Crippen LogP contribution >= 0.6 is 0 Å². The molecule has 2 N–H and O–H groups in total. The molecule has 2 aromatic carbocycles. The Hall–Kier alpha value is -3.59. The van der Waals surface area contributed by atoms with Gasteiger partial charge in [0.2, 0.25) is 5.91 Å². The molecule has 8 nitrogen and oxygen atoms in total. The van der Waals surface area contributed by atoms with E-state index in [2.05, 4.69) is 10.0 Å². The number of anilines is 1. The Balaban J connectivity index is 1.36. The van der Waals surface area contributed by atoms with Crippen molar-refractivity contribution < 1.29 is 22.4 Å². The van der Waals surface area contributed by atoms with Gasteiger partial charge in [0.25, 0.3) is 15.9 Å². The number of amides is 2. The molecule has 1 saturated heterocycles. The third kappa shape index (κ3) is 5.61. The summed E-state index contributed by atoms with van der Waals surface area (Å²) in [5.41, 5.74) is 0.804. The minimum atomic E-state index is -3.70. The Labute approximate surface area is 192 Å². The van der Waals surface area contributed by atoms with Gasteiger partial charge in [-0.05, 0) is 61.4 Å². The topological polar surface area (TPSA) is 109 Å². The van der Waals surface area contributed by atoms with Crippen molar-refractivity contribution >= 4 is 27.5 Å². The van der Waals surface area contributed by atoms with E-state index in [-0.39, 0.29) is 22.6 Å². The second-order valence-electron chi connectivity index (χ2n) is 7.88. The number of benzene rings is 2. The predicted octanol–water partition coefficient (Wildman–Crippen LogP) is 3.25. The molecule has 1 fully saturated rings. The second kappa shape index (κ2) is 9.91. The largest absolute Gasteiger partial charge is 0.467 e. The number of nitrogens with zero attached hydrogens (tertiary/aromatic N) is 1. The molecule has 33 heavy (non-hydrogen) atoms. The number of piperidine rings is 1. The Morgan fingerprint density at radius 2 is 1.76 bits per heavy atom. The van der Waals surface area contributed by atoms with E-state index in [0.29, 0.717) is 43.1 Å². The SMILES string of the molecule is O=C(NCc1ccco1)C1CCCN(C(=O)c2ccc(NS(=O)(=O)c3ccccc3)cc2)C1. The van der Waals surface area contributed by atoms with Crippen LogP contribution < -0.4 is 10.0 Å². The van der Waals surface area contributed by atoms with E-state index >= 15 is 0 Å². The van der Waals surface area contributed by atoms with Crippen LogP contribution in [0.15, 0.2) is 82.3 Å². The van der Waals surface area contributed by atoms with Crippen LogP contribution in [0.1, 0.15) is 29.0 Å². The number of carbonyl (C=O) groups excluding carboxylic acids is 2. The highest BCUT2D eigenvalue weighted by Crippen LogP contribution is 2.21. The standard InChI is InChI=1S/C24H25N3O5S/c28-23(25-16-21-7-5-15-32-21)19-6-4-14-27(17-19)24(29)18-10-12-20(13-11-18)26-33(30,31)22-8-2-1-3-9-22/h1-3,5,7-13,15,19,26H,4,6,14,16-17H2,(H,25,28). The lowest BCUT2D eigenvalue weighted by molar-refractivity contribution is -0.126. The molecule has 0 aliphatic carbocycles. The van der Waals surface area contributed by atoms with E-state index in [4.69, 9.17) is 4.42 Å². The van der Waals surface area contributed by atoms with E-state index in [1.807, 2.05) is 0 Å². The van der Waals surface area contributed by atoms with Crippen molar-refractivity contribution in [2.24, 2.45) is 5.92 Å². The summed E-state index contributed by atoms with van der Waals surface area (Å²) in [7, 11) is -3.70. The van der Waals surface area contributed by atoms with Crippen LogP contribution in [-0.4, -0.2) is 38.2 Å². The lowest BCUT2D eigenvalue weighted by Gasteiger charge is -2.32. The summed E-state index contributed by atoms with van der Waals surface area (Å²) in [6.45, 7) is 1.23. The van der Waals surface area contributed by atoms with Gasteiger partial charge >= 0.3 is 0 Å². The number of furan rings is 1. The molecule has 1 unspecified atom stereocenters. The molecule has 1 atom stereocenters. The first-order valence-corrected chi connectivity index (χ1v) is 12.2. The van der Waals surface area contributed by atoms with Crippen LogP contribution in [0.25, 0.3) is 0 Å². The molecule has 1 aliphatic rings. The monoisotopic (exact) mass is 467 g/mol. The van der Waals surface area contributed by atoms with Crippen molar-refractivity contribution in [3.8, 4) is 0 Å². The Morgan fingerprint density at radius 3 is 2.45 bits per heavy atom. The minimum Gasteiger partial charge on any atom is -0.467 e. The van der Waals surface area contributed by atoms with Crippen LogP contribution in [-0.2, 0) is 21.4 Å². The summed E-state index contributed by atoms with van der Waals surface area (Å²) in [6.07, 6.45) is 3.01. The molecule has 1 aliphatic heterocycles. The van der Waals surface area contributed by atoms with Gasteiger partial charge in [-0.25, -0.2) is 8.42 Å². The lowest BCUT2D eigenvalue weighted by atomic mass is 9.96. The first-order valence-electron chi connectivity index (χ1n) is 10.7. The zero-order chi connectivity index (χ0) is 23.3. The third-order valence-electron chi connectivity index (χ3n) is 5.53. The number of likely N-dealkylation sites (tertiary alicyclic amines) is 1. The van der Waals surface area contributed by atoms with Gasteiger partial charge in [-0.3, -0.25) is 14.3 Å². The fourth-order valence-corrected chi connectivity index (χ4v) is 4.86. The summed E-state index contributed by atoms with van der Waals surface area (Å²) in [6, 6.07) is 17.9. The average Bonchev–Trinajstić information content (AvgIpc) is 3.37. The van der Waals surface area contributed by atoms with Gasteiger partial charge in [0.05, 0.1) is 23.6 Å². The second-order valence-corrected chi connectivity index (χ2v) is 9.57. The molecule has 2 amide bonds. The fourth-order valence-electron chi connectivity index (χ4n) is 3.78. The Bertz CT molecular complexity index is 1190. The van der Waals surface area contributed by atoms with Gasteiger partial charge in [-0.2, -0.15) is 0 Å². The minimum absolute atomic E-state index is 0.102. The average molecular weight is 468 g/mol. The molecule has 3 aromatic rings. The molecular formula is C24H25N3O5S.